The Morgan fingerprint density at radius 2 is 2.17 bits per heavy atom. The maximum Gasteiger partial charge on any atom is 0.0400 e. The average molecular weight is 311 g/mol. The highest BCUT2D eigenvalue weighted by Crippen LogP contribution is 2.27. The summed E-state index contributed by atoms with van der Waals surface area (Å²) >= 11 is 3.57. The van der Waals surface area contributed by atoms with Crippen LogP contribution >= 0.6 is 15.9 Å². The van der Waals surface area contributed by atoms with Crippen LogP contribution in [0.1, 0.15) is 32.8 Å². The van der Waals surface area contributed by atoms with E-state index in [-0.39, 0.29) is 5.54 Å². The predicted molar refractivity (Wildman–Crippen MR) is 82.4 cm³/mol. The molecule has 0 spiro atoms. The Balaban J connectivity index is 2.29. The van der Waals surface area contributed by atoms with E-state index >= 15 is 0 Å². The van der Waals surface area contributed by atoms with Crippen LogP contribution < -0.4 is 10.2 Å². The quantitative estimate of drug-likeness (QED) is 0.898. The van der Waals surface area contributed by atoms with Crippen LogP contribution in [0, 0.1) is 0 Å². The lowest BCUT2D eigenvalue weighted by molar-refractivity contribution is 0.416. The minimum atomic E-state index is 0.189. The summed E-state index contributed by atoms with van der Waals surface area (Å²) in [5.41, 5.74) is 3.02. The second-order valence-corrected chi connectivity index (χ2v) is 6.63. The summed E-state index contributed by atoms with van der Waals surface area (Å²) in [6.07, 6.45) is 2.29. The van der Waals surface area contributed by atoms with Gasteiger partial charge in [-0.3, -0.25) is 0 Å². The van der Waals surface area contributed by atoms with Crippen LogP contribution in [0.3, 0.4) is 0 Å². The molecule has 1 aliphatic heterocycles. The number of anilines is 1. The van der Waals surface area contributed by atoms with Crippen molar-refractivity contribution >= 4 is 21.6 Å². The van der Waals surface area contributed by atoms with Gasteiger partial charge in [-0.25, -0.2) is 0 Å². The highest BCUT2D eigenvalue weighted by atomic mass is 79.9. The molecular weight excluding hydrogens is 288 g/mol. The molecule has 0 aliphatic carbocycles. The summed E-state index contributed by atoms with van der Waals surface area (Å²) in [7, 11) is 0. The molecule has 1 aliphatic rings. The van der Waals surface area contributed by atoms with E-state index < -0.39 is 0 Å². The lowest BCUT2D eigenvalue weighted by atomic mass is 10.0. The summed E-state index contributed by atoms with van der Waals surface area (Å²) in [4.78, 5) is 2.53. The fourth-order valence-corrected chi connectivity index (χ4v) is 3.07. The lowest BCUT2D eigenvalue weighted by Gasteiger charge is -2.32. The number of benzene rings is 1. The van der Waals surface area contributed by atoms with Gasteiger partial charge in [-0.15, -0.1) is 0 Å². The molecule has 1 N–H and O–H groups in total. The molecule has 1 aromatic rings. The minimum Gasteiger partial charge on any atom is -0.369 e. The number of hydrogen-bond donors (Lipinski definition) is 1. The molecule has 0 radical (unpaired) electrons. The van der Waals surface area contributed by atoms with Crippen LogP contribution in [0.5, 0.6) is 0 Å². The normalized spacial score (nSPS) is 19.7. The minimum absolute atomic E-state index is 0.189. The molecule has 1 saturated heterocycles. The number of halogens is 1. The van der Waals surface area contributed by atoms with E-state index in [0.717, 1.165) is 26.1 Å². The molecule has 0 bridgehead atoms. The van der Waals surface area contributed by atoms with Crippen molar-refractivity contribution in [1.29, 1.82) is 0 Å². The van der Waals surface area contributed by atoms with Gasteiger partial charge >= 0.3 is 0 Å². The van der Waals surface area contributed by atoms with Gasteiger partial charge in [-0.2, -0.15) is 0 Å². The van der Waals surface area contributed by atoms with Gasteiger partial charge in [0.25, 0.3) is 0 Å². The van der Waals surface area contributed by atoms with Gasteiger partial charge in [0.05, 0.1) is 0 Å². The predicted octanol–water partition coefficient (Wildman–Crippen LogP) is 3.59. The summed E-state index contributed by atoms with van der Waals surface area (Å²) in [6.45, 7) is 10.1. The fourth-order valence-electron chi connectivity index (χ4n) is 2.66. The van der Waals surface area contributed by atoms with Gasteiger partial charge in [-0.1, -0.05) is 22.9 Å². The van der Waals surface area contributed by atoms with Crippen LogP contribution in [0.2, 0.25) is 0 Å². The van der Waals surface area contributed by atoms with Crippen molar-refractivity contribution < 1.29 is 0 Å². The van der Waals surface area contributed by atoms with E-state index in [9.17, 15) is 0 Å². The van der Waals surface area contributed by atoms with E-state index in [1.165, 1.54) is 22.1 Å². The zero-order valence-electron chi connectivity index (χ0n) is 11.6. The molecule has 2 rings (SSSR count). The Labute approximate surface area is 119 Å². The van der Waals surface area contributed by atoms with Crippen LogP contribution in [-0.4, -0.2) is 25.2 Å². The Bertz CT molecular complexity index is 415. The van der Waals surface area contributed by atoms with E-state index in [4.69, 9.17) is 0 Å². The first-order valence-electron chi connectivity index (χ1n) is 6.80. The molecular formula is C15H23BrN2. The van der Waals surface area contributed by atoms with Gasteiger partial charge in [0.15, 0.2) is 0 Å². The van der Waals surface area contributed by atoms with Crippen molar-refractivity contribution in [3.05, 3.63) is 28.2 Å². The topological polar surface area (TPSA) is 15.3 Å². The van der Waals surface area contributed by atoms with Gasteiger partial charge in [-0.05, 0) is 57.0 Å². The third-order valence-electron chi connectivity index (χ3n) is 3.56. The first-order chi connectivity index (χ1) is 8.52. The Kier molecular flexibility index (Phi) is 4.33. The van der Waals surface area contributed by atoms with E-state index in [1.54, 1.807) is 0 Å². The summed E-state index contributed by atoms with van der Waals surface area (Å²) in [6, 6.07) is 6.66. The first-order valence-corrected chi connectivity index (χ1v) is 7.59. The Morgan fingerprint density at radius 1 is 1.39 bits per heavy atom. The summed E-state index contributed by atoms with van der Waals surface area (Å²) < 4.78 is 1.18. The Morgan fingerprint density at radius 3 is 2.89 bits per heavy atom. The number of hydrogen-bond acceptors (Lipinski definition) is 2. The molecule has 3 heteroatoms. The molecule has 1 heterocycles. The van der Waals surface area contributed by atoms with Crippen molar-refractivity contribution in [2.24, 2.45) is 0 Å². The zero-order chi connectivity index (χ0) is 13.2. The zero-order valence-corrected chi connectivity index (χ0v) is 13.2. The second-order valence-electron chi connectivity index (χ2n) is 5.71. The van der Waals surface area contributed by atoms with Crippen molar-refractivity contribution in [2.45, 2.75) is 39.2 Å². The van der Waals surface area contributed by atoms with Crippen molar-refractivity contribution in [3.8, 4) is 0 Å². The molecule has 0 aromatic heterocycles. The largest absolute Gasteiger partial charge is 0.369 e. The van der Waals surface area contributed by atoms with E-state index in [1.807, 2.05) is 0 Å². The van der Waals surface area contributed by atoms with Crippen molar-refractivity contribution in [2.75, 3.05) is 24.5 Å². The highest BCUT2D eigenvalue weighted by molar-refractivity contribution is 9.10. The van der Waals surface area contributed by atoms with Gasteiger partial charge in [0, 0.05) is 28.8 Å². The first kappa shape index (κ1) is 13.9. The maximum atomic E-state index is 3.62. The molecule has 1 aromatic carbocycles. The number of nitrogens with zero attached hydrogens (tertiary/aromatic N) is 1. The van der Waals surface area contributed by atoms with Crippen molar-refractivity contribution in [3.63, 3.8) is 0 Å². The molecule has 0 atom stereocenters. The molecule has 0 amide bonds. The Hall–Kier alpha value is -0.540. The lowest BCUT2D eigenvalue weighted by Crippen LogP contribution is -2.46. The van der Waals surface area contributed by atoms with Gasteiger partial charge < -0.3 is 10.2 Å². The highest BCUT2D eigenvalue weighted by Gasteiger charge is 2.25. The number of aryl methyl sites for hydroxylation is 1. The van der Waals surface area contributed by atoms with Crippen LogP contribution in [-0.2, 0) is 6.42 Å². The van der Waals surface area contributed by atoms with E-state index in [0.29, 0.717) is 0 Å². The molecule has 0 saturated carbocycles. The van der Waals surface area contributed by atoms with E-state index in [2.05, 4.69) is 65.1 Å². The third-order valence-corrected chi connectivity index (χ3v) is 4.05. The molecule has 1 fully saturated rings. The van der Waals surface area contributed by atoms with Gasteiger partial charge in [0.2, 0.25) is 0 Å². The standard InChI is InChI=1S/C15H23BrN2/c1-4-12-10-13(16)6-7-14(12)18-9-5-8-17-15(2,3)11-18/h6-7,10,17H,4-5,8-9,11H2,1-3H3. The molecule has 0 unspecified atom stereocenters. The van der Waals surface area contributed by atoms with Crippen LogP contribution in [0.15, 0.2) is 22.7 Å². The second kappa shape index (κ2) is 5.62. The van der Waals surface area contributed by atoms with Crippen LogP contribution in [0.25, 0.3) is 0 Å². The molecule has 18 heavy (non-hydrogen) atoms. The average Bonchev–Trinajstić information content (AvgIpc) is 2.50. The number of rotatable bonds is 2. The summed E-state index contributed by atoms with van der Waals surface area (Å²) in [5, 5.41) is 3.62. The van der Waals surface area contributed by atoms with Crippen molar-refractivity contribution in [1.82, 2.24) is 5.32 Å². The summed E-state index contributed by atoms with van der Waals surface area (Å²) in [5.74, 6) is 0. The maximum absolute atomic E-state index is 3.62. The molecule has 100 valence electrons. The SMILES string of the molecule is CCc1cc(Br)ccc1N1CCCNC(C)(C)C1. The smallest absolute Gasteiger partial charge is 0.0400 e. The van der Waals surface area contributed by atoms with Gasteiger partial charge in [0.1, 0.15) is 0 Å². The third kappa shape index (κ3) is 3.27. The fraction of sp³-hybridized carbons (Fsp3) is 0.600. The monoisotopic (exact) mass is 310 g/mol. The molecule has 2 nitrogen and oxygen atoms in total. The van der Waals surface area contributed by atoms with Crippen LogP contribution in [0.4, 0.5) is 5.69 Å². The number of nitrogens with one attached hydrogen (secondary N) is 1.